The van der Waals surface area contributed by atoms with Gasteiger partial charge in [-0.2, -0.15) is 0 Å². The van der Waals surface area contributed by atoms with E-state index in [9.17, 15) is 14.4 Å². The summed E-state index contributed by atoms with van der Waals surface area (Å²) in [6.07, 6.45) is 7.50. The molecule has 4 aliphatic heterocycles. The van der Waals surface area contributed by atoms with E-state index in [-0.39, 0.29) is 42.1 Å². The van der Waals surface area contributed by atoms with Gasteiger partial charge in [-0.3, -0.25) is 24.2 Å². The zero-order valence-electron chi connectivity index (χ0n) is 34.0. The van der Waals surface area contributed by atoms with E-state index >= 15 is 4.39 Å². The Morgan fingerprint density at radius 3 is 2.43 bits per heavy atom. The van der Waals surface area contributed by atoms with Crippen molar-refractivity contribution in [2.45, 2.75) is 95.7 Å². The number of piperazine rings is 1. The number of aromatic nitrogens is 3. The Kier molecular flexibility index (Phi) is 10.6. The third kappa shape index (κ3) is 7.76. The Hall–Kier alpha value is -4.72. The van der Waals surface area contributed by atoms with E-state index in [4.69, 9.17) is 14.7 Å². The predicted octanol–water partition coefficient (Wildman–Crippen LogP) is 5.50. The van der Waals surface area contributed by atoms with Crippen molar-refractivity contribution >= 4 is 40.0 Å². The number of anilines is 2. The third-order valence-corrected chi connectivity index (χ3v) is 13.0. The number of piperidine rings is 1. The molecule has 13 heteroatoms. The molecule has 0 bridgehead atoms. The molecule has 3 fully saturated rings. The maximum atomic E-state index is 15.2. The van der Waals surface area contributed by atoms with Crippen LogP contribution in [0.3, 0.4) is 0 Å². The summed E-state index contributed by atoms with van der Waals surface area (Å²) in [5, 5.41) is 1.23. The van der Waals surface area contributed by atoms with Gasteiger partial charge >= 0.3 is 0 Å². The number of ether oxygens (including phenoxy) is 1. The lowest BCUT2D eigenvalue weighted by atomic mass is 9.88. The zero-order chi connectivity index (χ0) is 40.1. The van der Waals surface area contributed by atoms with Gasteiger partial charge in [-0.1, -0.05) is 18.2 Å². The summed E-state index contributed by atoms with van der Waals surface area (Å²) in [7, 11) is 0. The molecule has 306 valence electrons. The quantitative estimate of drug-likeness (QED) is 0.207. The Labute approximate surface area is 339 Å². The van der Waals surface area contributed by atoms with Crippen LogP contribution in [-0.2, 0) is 27.3 Å². The van der Waals surface area contributed by atoms with Gasteiger partial charge in [0.05, 0.1) is 31.2 Å². The van der Waals surface area contributed by atoms with E-state index in [0.29, 0.717) is 38.1 Å². The molecule has 6 heterocycles. The van der Waals surface area contributed by atoms with Crippen LogP contribution in [0.2, 0.25) is 0 Å². The number of Topliss-reactive ketones (excluding diaryl/α,β-unsaturated/α-hetero) is 2. The molecule has 1 N–H and O–H groups in total. The standard InChI is InChI=1S/C45H55FN8O4/c1-29-22-37-36-6-4-5-7-38(36)49-41(37)42(54(29)28-45(2,3)46)31-25-47-44(48-26-31)52-14-12-34(13-15-52)58-21-20-50-16-18-51(19-17-50)32-8-10-35-30(23-32)27-53(43(35)57)39-11-9-33(55)24-40(39)56/h4-8,10,23,25-26,29,34,39,42,49H,9,11-22,24,27-28H2,1-3H3/t29-,39?,42-/m1/s1. The highest BCUT2D eigenvalue weighted by atomic mass is 19.1. The lowest BCUT2D eigenvalue weighted by Crippen LogP contribution is -2.48. The van der Waals surface area contributed by atoms with Gasteiger partial charge in [0.15, 0.2) is 5.78 Å². The number of halogens is 1. The van der Waals surface area contributed by atoms with Gasteiger partial charge in [0.25, 0.3) is 5.91 Å². The van der Waals surface area contributed by atoms with E-state index < -0.39 is 11.7 Å². The van der Waals surface area contributed by atoms with E-state index in [1.165, 1.54) is 10.9 Å². The van der Waals surface area contributed by atoms with Gasteiger partial charge in [-0.15, -0.1) is 0 Å². The highest BCUT2D eigenvalue weighted by molar-refractivity contribution is 6.07. The first-order valence-electron chi connectivity index (χ1n) is 21.2. The molecular weight excluding hydrogens is 736 g/mol. The number of amides is 1. The number of carbonyl (C=O) groups excluding carboxylic acids is 3. The summed E-state index contributed by atoms with van der Waals surface area (Å²) in [6.45, 7) is 13.1. The van der Waals surface area contributed by atoms with Gasteiger partial charge in [0, 0.05) is 117 Å². The number of benzene rings is 2. The molecule has 3 atom stereocenters. The van der Waals surface area contributed by atoms with Crippen LogP contribution >= 0.6 is 0 Å². The molecule has 1 amide bonds. The fraction of sp³-hybridized carbons (Fsp3) is 0.533. The van der Waals surface area contributed by atoms with E-state index in [2.05, 4.69) is 55.8 Å². The minimum Gasteiger partial charge on any atom is -0.377 e. The van der Waals surface area contributed by atoms with Crippen LogP contribution in [0.1, 0.15) is 91.7 Å². The number of H-pyrrole nitrogens is 1. The number of carbonyl (C=O) groups is 3. The van der Waals surface area contributed by atoms with Gasteiger partial charge in [0.2, 0.25) is 5.95 Å². The fourth-order valence-electron chi connectivity index (χ4n) is 9.95. The maximum absolute atomic E-state index is 15.2. The third-order valence-electron chi connectivity index (χ3n) is 13.0. The highest BCUT2D eigenvalue weighted by Crippen LogP contribution is 2.41. The van der Waals surface area contributed by atoms with Crippen molar-refractivity contribution in [3.05, 3.63) is 82.8 Å². The summed E-state index contributed by atoms with van der Waals surface area (Å²) in [5.41, 5.74) is 5.87. The van der Waals surface area contributed by atoms with Crippen molar-refractivity contribution in [1.82, 2.24) is 29.7 Å². The van der Waals surface area contributed by atoms with Crippen LogP contribution < -0.4 is 9.80 Å². The van der Waals surface area contributed by atoms with Crippen molar-refractivity contribution in [3.63, 3.8) is 0 Å². The van der Waals surface area contributed by atoms with Gasteiger partial charge < -0.3 is 24.4 Å². The van der Waals surface area contributed by atoms with Gasteiger partial charge in [0.1, 0.15) is 11.5 Å². The minimum absolute atomic E-state index is 0.0297. The molecule has 1 aliphatic carbocycles. The smallest absolute Gasteiger partial charge is 0.255 e. The van der Waals surface area contributed by atoms with Crippen LogP contribution in [-0.4, -0.2) is 130 Å². The highest BCUT2D eigenvalue weighted by Gasteiger charge is 2.40. The first kappa shape index (κ1) is 38.8. The number of ketones is 2. The van der Waals surface area contributed by atoms with Crippen LogP contribution in [0, 0.1) is 0 Å². The normalized spacial score (nSPS) is 23.9. The van der Waals surface area contributed by atoms with Crippen molar-refractivity contribution in [3.8, 4) is 0 Å². The molecule has 12 nitrogen and oxygen atoms in total. The Morgan fingerprint density at radius 1 is 0.931 bits per heavy atom. The topological polar surface area (TPSA) is 118 Å². The molecule has 4 aromatic rings. The molecule has 1 saturated carbocycles. The molecular formula is C45H55FN8O4. The van der Waals surface area contributed by atoms with Gasteiger partial charge in [-0.05, 0) is 81.8 Å². The molecule has 2 aromatic carbocycles. The van der Waals surface area contributed by atoms with Crippen molar-refractivity contribution < 1.29 is 23.5 Å². The second kappa shape index (κ2) is 15.8. The first-order chi connectivity index (χ1) is 28.0. The van der Waals surface area contributed by atoms with Crippen LogP contribution in [0.5, 0.6) is 0 Å². The average molecular weight is 791 g/mol. The largest absolute Gasteiger partial charge is 0.377 e. The Balaban J connectivity index is 0.745. The lowest BCUT2D eigenvalue weighted by Gasteiger charge is -2.42. The summed E-state index contributed by atoms with van der Waals surface area (Å²) in [6, 6.07) is 13.9. The maximum Gasteiger partial charge on any atom is 0.255 e. The number of alkyl halides is 1. The number of hydrogen-bond donors (Lipinski definition) is 1. The second-order valence-corrected chi connectivity index (χ2v) is 17.6. The van der Waals surface area contributed by atoms with Crippen molar-refractivity contribution in [1.29, 1.82) is 0 Å². The van der Waals surface area contributed by atoms with E-state index in [1.54, 1.807) is 18.7 Å². The number of hydrogen-bond acceptors (Lipinski definition) is 10. The molecule has 2 aromatic heterocycles. The number of rotatable bonds is 10. The minimum atomic E-state index is -1.35. The monoisotopic (exact) mass is 790 g/mol. The Morgan fingerprint density at radius 2 is 1.69 bits per heavy atom. The Bertz CT molecular complexity index is 2170. The molecule has 0 spiro atoms. The zero-order valence-corrected chi connectivity index (χ0v) is 34.0. The summed E-state index contributed by atoms with van der Waals surface area (Å²) in [5.74, 6) is 0.457. The summed E-state index contributed by atoms with van der Waals surface area (Å²) in [4.78, 5) is 61.9. The summed E-state index contributed by atoms with van der Waals surface area (Å²) >= 11 is 0. The van der Waals surface area contributed by atoms with E-state index in [0.717, 1.165) is 99.0 Å². The second-order valence-electron chi connectivity index (χ2n) is 17.6. The van der Waals surface area contributed by atoms with E-state index in [1.807, 2.05) is 30.6 Å². The summed E-state index contributed by atoms with van der Waals surface area (Å²) < 4.78 is 21.6. The molecule has 9 rings (SSSR count). The average Bonchev–Trinajstić information content (AvgIpc) is 3.74. The SMILES string of the molecule is C[C@@H]1Cc2c([nH]c3ccccc23)[C@@H](c2cnc(N3CCC(OCCN4CCN(c5ccc6c(c5)CN(C5CCC(=O)CC5=O)C6=O)CC4)CC3)nc2)N1CC(C)(C)F. The van der Waals surface area contributed by atoms with Crippen molar-refractivity contribution in [2.24, 2.45) is 0 Å². The molecule has 1 unspecified atom stereocenters. The van der Waals surface area contributed by atoms with Crippen molar-refractivity contribution in [2.75, 3.05) is 68.8 Å². The van der Waals surface area contributed by atoms with Crippen LogP contribution in [0.25, 0.3) is 10.9 Å². The molecule has 0 radical (unpaired) electrons. The first-order valence-corrected chi connectivity index (χ1v) is 21.2. The number of aromatic amines is 1. The predicted molar refractivity (Wildman–Crippen MR) is 221 cm³/mol. The van der Waals surface area contributed by atoms with Crippen LogP contribution in [0.4, 0.5) is 16.0 Å². The molecule has 2 saturated heterocycles. The molecule has 58 heavy (non-hydrogen) atoms. The number of nitrogens with zero attached hydrogens (tertiary/aromatic N) is 7. The van der Waals surface area contributed by atoms with Crippen LogP contribution in [0.15, 0.2) is 54.9 Å². The fourth-order valence-corrected chi connectivity index (χ4v) is 9.95. The van der Waals surface area contributed by atoms with Gasteiger partial charge in [-0.25, -0.2) is 14.4 Å². The molecule has 5 aliphatic rings. The number of fused-ring (bicyclic) bond motifs is 4. The number of para-hydroxylation sites is 1. The number of nitrogens with one attached hydrogen (secondary N) is 1. The lowest BCUT2D eigenvalue weighted by molar-refractivity contribution is -0.133.